The zero-order valence-corrected chi connectivity index (χ0v) is 20.4. The molecule has 2 aromatic carbocycles. The number of likely N-dealkylation sites (N-methyl/N-ethyl adjacent to an activating group) is 1. The Morgan fingerprint density at radius 2 is 1.61 bits per heavy atom. The van der Waals surface area contributed by atoms with Gasteiger partial charge in [-0.3, -0.25) is 9.59 Å². The highest BCUT2D eigenvalue weighted by molar-refractivity contribution is 7.90. The average molecular weight is 479 g/mol. The van der Waals surface area contributed by atoms with Gasteiger partial charge in [-0.05, 0) is 50.6 Å². The van der Waals surface area contributed by atoms with Crippen LogP contribution in [0, 0.1) is 12.7 Å². The van der Waals surface area contributed by atoms with Gasteiger partial charge in [0, 0.05) is 27.2 Å². The van der Waals surface area contributed by atoms with Crippen LogP contribution in [0.2, 0.25) is 0 Å². The SMILES string of the molecule is CCNC(=O)C(C)N(Cc1ccc(C)cc1)C(=O)CN(c1ccc(F)cc1)S(=O)(=O)N(C)C. The summed E-state index contributed by atoms with van der Waals surface area (Å²) < 4.78 is 41.3. The van der Waals surface area contributed by atoms with Crippen molar-refractivity contribution >= 4 is 27.7 Å². The summed E-state index contributed by atoms with van der Waals surface area (Å²) >= 11 is 0. The van der Waals surface area contributed by atoms with E-state index in [1.165, 1.54) is 31.1 Å². The Labute approximate surface area is 195 Å². The van der Waals surface area contributed by atoms with Gasteiger partial charge in [0.15, 0.2) is 0 Å². The van der Waals surface area contributed by atoms with E-state index in [0.29, 0.717) is 6.54 Å². The fourth-order valence-electron chi connectivity index (χ4n) is 3.12. The number of aryl methyl sites for hydroxylation is 1. The second kappa shape index (κ2) is 11.2. The molecule has 0 spiro atoms. The Bertz CT molecular complexity index is 1060. The molecule has 0 saturated heterocycles. The van der Waals surface area contributed by atoms with E-state index in [1.54, 1.807) is 13.8 Å². The summed E-state index contributed by atoms with van der Waals surface area (Å²) in [6, 6.07) is 11.5. The third kappa shape index (κ3) is 6.75. The van der Waals surface area contributed by atoms with E-state index < -0.39 is 34.5 Å². The molecular formula is C23H31FN4O4S. The standard InChI is InChI=1S/C23H31FN4O4S/c1-6-25-23(30)18(3)27(15-19-9-7-17(2)8-10-19)22(29)16-28(33(31,32)26(4)5)21-13-11-20(24)12-14-21/h7-14,18H,6,15-16H2,1-5H3,(H,25,30). The molecule has 0 fully saturated rings. The van der Waals surface area contributed by atoms with Crippen LogP contribution in [0.15, 0.2) is 48.5 Å². The minimum absolute atomic E-state index is 0.122. The van der Waals surface area contributed by atoms with Gasteiger partial charge < -0.3 is 10.2 Å². The summed E-state index contributed by atoms with van der Waals surface area (Å²) in [4.78, 5) is 27.3. The molecule has 1 unspecified atom stereocenters. The molecule has 0 aliphatic heterocycles. The molecule has 8 nitrogen and oxygen atoms in total. The van der Waals surface area contributed by atoms with Crippen LogP contribution in [0.1, 0.15) is 25.0 Å². The van der Waals surface area contributed by atoms with Crippen molar-refractivity contribution in [1.29, 1.82) is 0 Å². The van der Waals surface area contributed by atoms with E-state index in [-0.39, 0.29) is 18.1 Å². The van der Waals surface area contributed by atoms with E-state index >= 15 is 0 Å². The second-order valence-electron chi connectivity index (χ2n) is 7.85. The Balaban J connectivity index is 2.43. The number of halogens is 1. The molecule has 2 aromatic rings. The largest absolute Gasteiger partial charge is 0.355 e. The molecule has 1 atom stereocenters. The van der Waals surface area contributed by atoms with E-state index in [1.807, 2.05) is 31.2 Å². The number of hydrogen-bond acceptors (Lipinski definition) is 4. The number of carbonyl (C=O) groups is 2. The minimum Gasteiger partial charge on any atom is -0.355 e. The normalized spacial score (nSPS) is 12.3. The topological polar surface area (TPSA) is 90.0 Å². The fourth-order valence-corrected chi connectivity index (χ4v) is 4.17. The third-order valence-electron chi connectivity index (χ3n) is 5.13. The molecule has 0 aliphatic carbocycles. The molecule has 2 rings (SSSR count). The summed E-state index contributed by atoms with van der Waals surface area (Å²) in [7, 11) is -1.38. The van der Waals surface area contributed by atoms with Crippen LogP contribution in [0.25, 0.3) is 0 Å². The Morgan fingerprint density at radius 1 is 1.03 bits per heavy atom. The molecule has 0 radical (unpaired) electrons. The average Bonchev–Trinajstić information content (AvgIpc) is 2.77. The van der Waals surface area contributed by atoms with Crippen LogP contribution < -0.4 is 9.62 Å². The zero-order valence-electron chi connectivity index (χ0n) is 19.6. The zero-order chi connectivity index (χ0) is 24.8. The number of rotatable bonds is 10. The number of benzene rings is 2. The molecule has 0 aromatic heterocycles. The summed E-state index contributed by atoms with van der Waals surface area (Å²) in [5.74, 6) is -1.44. The predicted octanol–water partition coefficient (Wildman–Crippen LogP) is 2.30. The Morgan fingerprint density at radius 3 is 2.12 bits per heavy atom. The summed E-state index contributed by atoms with van der Waals surface area (Å²) in [5.41, 5.74) is 1.99. The molecule has 0 bridgehead atoms. The third-order valence-corrected chi connectivity index (χ3v) is 6.95. The summed E-state index contributed by atoms with van der Waals surface area (Å²) in [6.07, 6.45) is 0. The molecular weight excluding hydrogens is 447 g/mol. The molecule has 0 heterocycles. The molecule has 2 amide bonds. The highest BCUT2D eigenvalue weighted by atomic mass is 32.2. The summed E-state index contributed by atoms with van der Waals surface area (Å²) in [5, 5.41) is 2.70. The lowest BCUT2D eigenvalue weighted by Gasteiger charge is -2.32. The van der Waals surface area contributed by atoms with Crippen molar-refractivity contribution in [3.63, 3.8) is 0 Å². The number of hydrogen-bond donors (Lipinski definition) is 1. The van der Waals surface area contributed by atoms with Gasteiger partial charge in [-0.25, -0.2) is 8.70 Å². The summed E-state index contributed by atoms with van der Waals surface area (Å²) in [6.45, 7) is 5.28. The Kier molecular flexibility index (Phi) is 8.95. The first kappa shape index (κ1) is 26.3. The maximum absolute atomic E-state index is 13.4. The fraction of sp³-hybridized carbons (Fsp3) is 0.391. The van der Waals surface area contributed by atoms with Gasteiger partial charge in [0.05, 0.1) is 5.69 Å². The lowest BCUT2D eigenvalue weighted by atomic mass is 10.1. The number of carbonyl (C=O) groups excluding carboxylic acids is 2. The van der Waals surface area contributed by atoms with Crippen LogP contribution in [-0.2, 0) is 26.3 Å². The highest BCUT2D eigenvalue weighted by Crippen LogP contribution is 2.21. The van der Waals surface area contributed by atoms with Crippen molar-refractivity contribution in [2.24, 2.45) is 0 Å². The van der Waals surface area contributed by atoms with Crippen LogP contribution in [-0.4, -0.2) is 62.7 Å². The quantitative estimate of drug-likeness (QED) is 0.568. The van der Waals surface area contributed by atoms with Gasteiger partial charge in [0.2, 0.25) is 11.8 Å². The lowest BCUT2D eigenvalue weighted by molar-refractivity contribution is -0.139. The van der Waals surface area contributed by atoms with E-state index in [2.05, 4.69) is 5.32 Å². The van der Waals surface area contributed by atoms with Gasteiger partial charge in [-0.1, -0.05) is 29.8 Å². The van der Waals surface area contributed by atoms with Crippen molar-refractivity contribution in [3.8, 4) is 0 Å². The van der Waals surface area contributed by atoms with Crippen molar-refractivity contribution in [1.82, 2.24) is 14.5 Å². The van der Waals surface area contributed by atoms with Crippen LogP contribution in [0.5, 0.6) is 0 Å². The van der Waals surface area contributed by atoms with Gasteiger partial charge >= 0.3 is 10.2 Å². The van der Waals surface area contributed by atoms with Crippen molar-refractivity contribution < 1.29 is 22.4 Å². The first-order valence-corrected chi connectivity index (χ1v) is 12.0. The lowest BCUT2D eigenvalue weighted by Crippen LogP contribution is -2.52. The van der Waals surface area contributed by atoms with E-state index in [9.17, 15) is 22.4 Å². The molecule has 180 valence electrons. The van der Waals surface area contributed by atoms with Crippen molar-refractivity contribution in [2.75, 3.05) is 31.5 Å². The highest BCUT2D eigenvalue weighted by Gasteiger charge is 2.32. The predicted molar refractivity (Wildman–Crippen MR) is 126 cm³/mol. The molecule has 33 heavy (non-hydrogen) atoms. The Hall–Kier alpha value is -2.98. The van der Waals surface area contributed by atoms with Crippen LogP contribution >= 0.6 is 0 Å². The number of nitrogens with zero attached hydrogens (tertiary/aromatic N) is 3. The van der Waals surface area contributed by atoms with Crippen molar-refractivity contribution in [3.05, 3.63) is 65.5 Å². The van der Waals surface area contributed by atoms with Gasteiger partial charge in [0.1, 0.15) is 18.4 Å². The number of anilines is 1. The first-order chi connectivity index (χ1) is 15.5. The van der Waals surface area contributed by atoms with Crippen molar-refractivity contribution in [2.45, 2.75) is 33.4 Å². The smallest absolute Gasteiger partial charge is 0.304 e. The first-order valence-electron chi connectivity index (χ1n) is 10.6. The number of amides is 2. The second-order valence-corrected chi connectivity index (χ2v) is 9.92. The molecule has 0 aliphatic rings. The maximum atomic E-state index is 13.4. The van der Waals surface area contributed by atoms with Gasteiger partial charge in [0.25, 0.3) is 0 Å². The molecule has 10 heteroatoms. The van der Waals surface area contributed by atoms with E-state index in [4.69, 9.17) is 0 Å². The molecule has 0 saturated carbocycles. The van der Waals surface area contributed by atoms with Gasteiger partial charge in [-0.2, -0.15) is 12.7 Å². The van der Waals surface area contributed by atoms with Gasteiger partial charge in [-0.15, -0.1) is 0 Å². The maximum Gasteiger partial charge on any atom is 0.304 e. The monoisotopic (exact) mass is 478 g/mol. The minimum atomic E-state index is -4.07. The van der Waals surface area contributed by atoms with Crippen LogP contribution in [0.3, 0.4) is 0 Å². The molecule has 1 N–H and O–H groups in total. The van der Waals surface area contributed by atoms with E-state index in [0.717, 1.165) is 31.9 Å². The number of nitrogens with one attached hydrogen (secondary N) is 1. The van der Waals surface area contributed by atoms with Crippen LogP contribution in [0.4, 0.5) is 10.1 Å².